The molecule has 39 heavy (non-hydrogen) atoms. The highest BCUT2D eigenvalue weighted by molar-refractivity contribution is 5.98. The average molecular weight is 553 g/mol. The Bertz CT molecular complexity index is 958. The van der Waals surface area contributed by atoms with E-state index in [9.17, 15) is 4.79 Å². The Hall–Kier alpha value is -4.28. The molecule has 0 aliphatic rings. The molecule has 0 unspecified atom stereocenters. The number of carboxylic acid groups (broad SMARTS) is 1. The topological polar surface area (TPSA) is 250 Å². The number of amidine groups is 2. The summed E-state index contributed by atoms with van der Waals surface area (Å²) >= 11 is 0. The number of hydrogen-bond donors (Lipinski definition) is 6. The molecule has 0 aliphatic carbocycles. The first kappa shape index (κ1) is 34.7. The zero-order valence-corrected chi connectivity index (χ0v) is 21.4. The van der Waals surface area contributed by atoms with E-state index in [4.69, 9.17) is 47.7 Å². The molecule has 2 aromatic carbocycles. The molecule has 2 aromatic rings. The fraction of sp³-hybridized carbons (Fsp3) is 0.333. The highest BCUT2D eigenvalue weighted by Gasteiger charge is 2.00. The number of hydrogen-bond acceptors (Lipinski definition) is 12. The van der Waals surface area contributed by atoms with Gasteiger partial charge in [0.1, 0.15) is 56.2 Å². The molecule has 2 rings (SSSR count). The standard InChI is InChI=1S/C12H17N3O4.C11H17N3O3.CH2O2/c13-12(15-5-6-17-9-16)10-1-3-11(4-2-10)18-7-8-19-14;12-11(14-5-6-15)9-1-3-10(4-2-9)16-7-8-17-13;2-1-3/h1-4,9H,5-8,14H2,(H2,13,15);1-4,15H,5-8,13H2,(H2,12,14);1H,(H,2,3). The molecule has 0 radical (unpaired) electrons. The van der Waals surface area contributed by atoms with Crippen LogP contribution in [0, 0.1) is 0 Å². The van der Waals surface area contributed by atoms with Crippen molar-refractivity contribution in [2.75, 3.05) is 52.7 Å². The Kier molecular flexibility index (Phi) is 21.4. The zero-order valence-electron chi connectivity index (χ0n) is 21.4. The lowest BCUT2D eigenvalue weighted by Gasteiger charge is -2.06. The molecular weight excluding hydrogens is 516 g/mol. The van der Waals surface area contributed by atoms with Crippen LogP contribution in [0.1, 0.15) is 11.1 Å². The minimum atomic E-state index is -0.250. The van der Waals surface area contributed by atoms with Gasteiger partial charge in [-0.05, 0) is 48.5 Å². The minimum absolute atomic E-state index is 0.0129. The maximum absolute atomic E-state index is 9.93. The van der Waals surface area contributed by atoms with E-state index in [1.165, 1.54) is 0 Å². The van der Waals surface area contributed by atoms with Crippen molar-refractivity contribution in [1.82, 2.24) is 0 Å². The lowest BCUT2D eigenvalue weighted by molar-refractivity contribution is -0.128. The molecule has 0 amide bonds. The fourth-order valence-corrected chi connectivity index (χ4v) is 2.48. The van der Waals surface area contributed by atoms with Gasteiger partial charge in [0.15, 0.2) is 0 Å². The Labute approximate surface area is 225 Å². The second-order valence-corrected chi connectivity index (χ2v) is 6.82. The van der Waals surface area contributed by atoms with Crippen molar-refractivity contribution in [2.45, 2.75) is 0 Å². The van der Waals surface area contributed by atoms with Crippen LogP contribution in [0.5, 0.6) is 11.5 Å². The summed E-state index contributed by atoms with van der Waals surface area (Å²) in [4.78, 5) is 35.1. The van der Waals surface area contributed by atoms with E-state index in [2.05, 4.69) is 24.4 Å². The third kappa shape index (κ3) is 17.7. The quantitative estimate of drug-likeness (QED) is 0.0490. The number of aliphatic hydroxyl groups excluding tert-OH is 1. The van der Waals surface area contributed by atoms with Crippen LogP contribution in [0.2, 0.25) is 0 Å². The van der Waals surface area contributed by atoms with Crippen LogP contribution >= 0.6 is 0 Å². The normalized spacial score (nSPS) is 10.7. The average Bonchev–Trinajstić information content (AvgIpc) is 2.96. The Morgan fingerprint density at radius 3 is 1.49 bits per heavy atom. The van der Waals surface area contributed by atoms with Crippen LogP contribution in [0.3, 0.4) is 0 Å². The summed E-state index contributed by atoms with van der Waals surface area (Å²) in [5.41, 5.74) is 13.1. The molecule has 0 aromatic heterocycles. The SMILES string of the molecule is NOCCOc1ccc(C(N)=NCCO)cc1.NOCCOc1ccc(C(N)=NCCOC=O)cc1.O=CO. The first-order valence-corrected chi connectivity index (χ1v) is 11.4. The van der Waals surface area contributed by atoms with Gasteiger partial charge in [0, 0.05) is 11.1 Å². The monoisotopic (exact) mass is 552 g/mol. The molecule has 0 fully saturated rings. The summed E-state index contributed by atoms with van der Waals surface area (Å²) in [6.45, 7) is 2.39. The number of carbonyl (C=O) groups excluding carboxylic acids is 1. The zero-order chi connectivity index (χ0) is 29.1. The number of aliphatic hydroxyl groups is 1. The van der Waals surface area contributed by atoms with Gasteiger partial charge in [0.05, 0.1) is 19.7 Å². The van der Waals surface area contributed by atoms with Crippen molar-refractivity contribution in [3.05, 3.63) is 59.7 Å². The van der Waals surface area contributed by atoms with Crippen LogP contribution in [-0.4, -0.2) is 87.6 Å². The van der Waals surface area contributed by atoms with Gasteiger partial charge < -0.3 is 45.6 Å². The predicted octanol–water partition coefficient (Wildman–Crippen LogP) is -0.812. The van der Waals surface area contributed by atoms with Crippen LogP contribution in [0.4, 0.5) is 0 Å². The van der Waals surface area contributed by atoms with Crippen molar-refractivity contribution in [2.24, 2.45) is 33.2 Å². The summed E-state index contributed by atoms with van der Waals surface area (Å²) in [6, 6.07) is 14.3. The van der Waals surface area contributed by atoms with Gasteiger partial charge in [-0.15, -0.1) is 0 Å². The number of nitrogens with two attached hydrogens (primary N) is 4. The molecule has 15 nitrogen and oxygen atoms in total. The van der Waals surface area contributed by atoms with Gasteiger partial charge in [-0.25, -0.2) is 11.8 Å². The number of carbonyl (C=O) groups is 2. The molecule has 0 atom stereocenters. The highest BCUT2D eigenvalue weighted by Crippen LogP contribution is 2.12. The lowest BCUT2D eigenvalue weighted by atomic mass is 10.2. The van der Waals surface area contributed by atoms with Gasteiger partial charge in [-0.3, -0.25) is 19.6 Å². The van der Waals surface area contributed by atoms with Crippen molar-refractivity contribution in [1.29, 1.82) is 0 Å². The smallest absolute Gasteiger partial charge is 0.293 e. The number of ether oxygens (including phenoxy) is 3. The maximum atomic E-state index is 9.93. The molecule has 10 N–H and O–H groups in total. The van der Waals surface area contributed by atoms with Crippen molar-refractivity contribution in [3.8, 4) is 11.5 Å². The van der Waals surface area contributed by atoms with E-state index in [1.54, 1.807) is 48.5 Å². The molecule has 15 heteroatoms. The largest absolute Gasteiger partial charge is 0.491 e. The number of nitrogens with zero attached hydrogens (tertiary/aromatic N) is 2. The Morgan fingerprint density at radius 2 is 1.13 bits per heavy atom. The van der Waals surface area contributed by atoms with Crippen LogP contribution in [0.15, 0.2) is 58.5 Å². The van der Waals surface area contributed by atoms with E-state index in [0.29, 0.717) is 69.2 Å². The van der Waals surface area contributed by atoms with Gasteiger partial charge in [0.2, 0.25) is 0 Å². The Balaban J connectivity index is 0.000000676. The van der Waals surface area contributed by atoms with E-state index in [1.807, 2.05) is 0 Å². The molecule has 216 valence electrons. The van der Waals surface area contributed by atoms with E-state index in [-0.39, 0.29) is 19.7 Å². The Morgan fingerprint density at radius 1 is 0.718 bits per heavy atom. The maximum Gasteiger partial charge on any atom is 0.293 e. The summed E-state index contributed by atoms with van der Waals surface area (Å²) in [6.07, 6.45) is 0. The summed E-state index contributed by atoms with van der Waals surface area (Å²) < 4.78 is 15.2. The molecule has 0 saturated carbocycles. The van der Waals surface area contributed by atoms with Crippen LogP contribution in [-0.2, 0) is 24.0 Å². The first-order valence-electron chi connectivity index (χ1n) is 11.4. The van der Waals surface area contributed by atoms with E-state index < -0.39 is 0 Å². The number of aliphatic imine (C=N–C) groups is 2. The van der Waals surface area contributed by atoms with Crippen LogP contribution < -0.4 is 32.7 Å². The third-order valence-corrected chi connectivity index (χ3v) is 4.18. The van der Waals surface area contributed by atoms with Crippen LogP contribution in [0.25, 0.3) is 0 Å². The summed E-state index contributed by atoms with van der Waals surface area (Å²) in [5, 5.41) is 15.5. The van der Waals surface area contributed by atoms with Gasteiger partial charge in [-0.1, -0.05) is 0 Å². The molecule has 0 aliphatic heterocycles. The molecule has 0 bridgehead atoms. The first-order chi connectivity index (χ1) is 19.0. The second kappa shape index (κ2) is 24.1. The second-order valence-electron chi connectivity index (χ2n) is 6.82. The predicted molar refractivity (Wildman–Crippen MR) is 143 cm³/mol. The number of rotatable bonds is 16. The summed E-state index contributed by atoms with van der Waals surface area (Å²) in [7, 11) is 0. The van der Waals surface area contributed by atoms with Gasteiger partial charge in [0.25, 0.3) is 12.9 Å². The minimum Gasteiger partial charge on any atom is -0.491 e. The molecular formula is C24H36N6O9. The molecule has 0 saturated heterocycles. The van der Waals surface area contributed by atoms with E-state index in [0.717, 1.165) is 11.1 Å². The highest BCUT2D eigenvalue weighted by atomic mass is 16.6. The van der Waals surface area contributed by atoms with Crippen molar-refractivity contribution >= 4 is 24.6 Å². The van der Waals surface area contributed by atoms with Crippen molar-refractivity contribution < 1.29 is 43.7 Å². The lowest BCUT2D eigenvalue weighted by Crippen LogP contribution is -2.15. The van der Waals surface area contributed by atoms with Crippen molar-refractivity contribution in [3.63, 3.8) is 0 Å². The third-order valence-electron chi connectivity index (χ3n) is 4.18. The fourth-order valence-electron chi connectivity index (χ4n) is 2.48. The number of benzene rings is 2. The summed E-state index contributed by atoms with van der Waals surface area (Å²) in [5.74, 6) is 11.9. The van der Waals surface area contributed by atoms with E-state index >= 15 is 0 Å². The molecule has 0 spiro atoms. The van der Waals surface area contributed by atoms with Gasteiger partial charge >= 0.3 is 0 Å². The van der Waals surface area contributed by atoms with Gasteiger partial charge in [-0.2, -0.15) is 0 Å². The molecule has 0 heterocycles.